The minimum Gasteiger partial charge on any atom is -0.464 e. The van der Waals surface area contributed by atoms with Crippen LogP contribution in [0.4, 0.5) is 32.8 Å². The molecule has 12 nitrogen and oxygen atoms in total. The van der Waals surface area contributed by atoms with Crippen molar-refractivity contribution in [3.63, 3.8) is 0 Å². The molecule has 1 atom stereocenters. The highest BCUT2D eigenvalue weighted by Crippen LogP contribution is 2.29. The van der Waals surface area contributed by atoms with Gasteiger partial charge in [0.2, 0.25) is 11.8 Å². The molecule has 2 heterocycles. The van der Waals surface area contributed by atoms with Gasteiger partial charge in [-0.15, -0.1) is 0 Å². The van der Waals surface area contributed by atoms with E-state index in [0.29, 0.717) is 4.57 Å². The number of likely N-dealkylation sites (N-methyl/N-ethyl adjacent to an activating group) is 1. The smallest absolute Gasteiger partial charge is 0.416 e. The molecule has 16 heteroatoms. The molecule has 0 aliphatic rings. The summed E-state index contributed by atoms with van der Waals surface area (Å²) in [7, 11) is 4.22. The highest BCUT2D eigenvalue weighted by atomic mass is 19.4. The summed E-state index contributed by atoms with van der Waals surface area (Å²) in [6.07, 6.45) is -4.67. The van der Waals surface area contributed by atoms with Crippen molar-refractivity contribution >= 4 is 40.6 Å². The number of carbonyl (C=O) groups excluding carboxylic acids is 3. The molecular formula is C29H31F4N5O7. The van der Waals surface area contributed by atoms with Crippen molar-refractivity contribution in [1.82, 2.24) is 19.4 Å². The molecule has 0 saturated carbocycles. The average Bonchev–Trinajstić information content (AvgIpc) is 3.32. The van der Waals surface area contributed by atoms with E-state index in [1.165, 1.54) is 41.4 Å². The Balaban J connectivity index is 1.90. The lowest BCUT2D eigenvalue weighted by molar-refractivity contribution is -0.134. The predicted octanol–water partition coefficient (Wildman–Crippen LogP) is 4.10. The van der Waals surface area contributed by atoms with Crippen molar-refractivity contribution in [3.05, 3.63) is 76.1 Å². The number of hydrogen-bond acceptors (Lipinski definition) is 6. The van der Waals surface area contributed by atoms with Crippen LogP contribution in [0.5, 0.6) is 0 Å². The number of carboxylic acid groups (broad SMARTS) is 1. The van der Waals surface area contributed by atoms with Crippen LogP contribution in [-0.2, 0) is 27.3 Å². The third-order valence-corrected chi connectivity index (χ3v) is 6.61. The zero-order chi connectivity index (χ0) is 33.5. The Hall–Kier alpha value is -5.15. The Labute approximate surface area is 253 Å². The van der Waals surface area contributed by atoms with Crippen molar-refractivity contribution in [2.45, 2.75) is 44.4 Å². The number of aromatic nitrogens is 2. The zero-order valence-electron chi connectivity index (χ0n) is 24.5. The van der Waals surface area contributed by atoms with Gasteiger partial charge in [-0.2, -0.15) is 13.2 Å². The molecule has 0 bridgehead atoms. The van der Waals surface area contributed by atoms with Crippen LogP contribution in [-0.4, -0.2) is 76.6 Å². The maximum atomic E-state index is 14.3. The Bertz CT molecular complexity index is 1680. The van der Waals surface area contributed by atoms with E-state index < -0.39 is 61.1 Å². The summed E-state index contributed by atoms with van der Waals surface area (Å²) in [4.78, 5) is 63.5. The molecule has 3 aromatic rings. The number of aryl methyl sites for hydroxylation is 1. The molecule has 242 valence electrons. The second-order valence-electron chi connectivity index (χ2n) is 10.1. The number of benzene rings is 1. The van der Waals surface area contributed by atoms with Crippen LogP contribution in [0.25, 0.3) is 10.9 Å². The average molecular weight is 638 g/mol. The van der Waals surface area contributed by atoms with Gasteiger partial charge in [-0.25, -0.2) is 18.5 Å². The quantitative estimate of drug-likeness (QED) is 0.212. The molecule has 0 radical (unpaired) electrons. The van der Waals surface area contributed by atoms with E-state index in [1.54, 1.807) is 14.1 Å². The molecule has 2 aromatic heterocycles. The van der Waals surface area contributed by atoms with Crippen molar-refractivity contribution in [3.8, 4) is 0 Å². The third-order valence-electron chi connectivity index (χ3n) is 6.61. The molecule has 3 amide bonds. The monoisotopic (exact) mass is 637 g/mol. The first kappa shape index (κ1) is 34.3. The second-order valence-corrected chi connectivity index (χ2v) is 10.1. The van der Waals surface area contributed by atoms with Gasteiger partial charge in [-0.1, -0.05) is 6.08 Å². The molecule has 0 aliphatic heterocycles. The van der Waals surface area contributed by atoms with Gasteiger partial charge >= 0.3 is 18.4 Å². The molecule has 1 unspecified atom stereocenters. The van der Waals surface area contributed by atoms with Crippen molar-refractivity contribution in [2.24, 2.45) is 0 Å². The number of rotatable bonds is 11. The lowest BCUT2D eigenvalue weighted by Crippen LogP contribution is -2.44. The second kappa shape index (κ2) is 14.5. The lowest BCUT2D eigenvalue weighted by atomic mass is 10.1. The number of pyridine rings is 1. The summed E-state index contributed by atoms with van der Waals surface area (Å²) >= 11 is 0. The summed E-state index contributed by atoms with van der Waals surface area (Å²) in [5, 5.41) is 14.7. The number of hydrogen-bond donors (Lipinski definition) is 3. The van der Waals surface area contributed by atoms with Crippen LogP contribution in [0.1, 0.15) is 30.5 Å². The Kier molecular flexibility index (Phi) is 11.1. The summed E-state index contributed by atoms with van der Waals surface area (Å²) < 4.78 is 59.3. The number of carbonyl (C=O) groups is 4. The number of alkyl carbamates (subject to hydrolysis) is 1. The number of anilines is 1. The molecule has 45 heavy (non-hydrogen) atoms. The zero-order valence-corrected chi connectivity index (χ0v) is 24.5. The molecule has 0 spiro atoms. The number of ether oxygens (including phenoxy) is 1. The fourth-order valence-corrected chi connectivity index (χ4v) is 4.47. The molecule has 0 saturated heterocycles. The molecule has 0 aliphatic carbocycles. The van der Waals surface area contributed by atoms with Crippen molar-refractivity contribution in [2.75, 3.05) is 26.5 Å². The van der Waals surface area contributed by atoms with Gasteiger partial charge in [0.05, 0.1) is 24.9 Å². The van der Waals surface area contributed by atoms with Crippen LogP contribution in [0, 0.1) is 5.82 Å². The maximum absolute atomic E-state index is 14.3. The largest absolute Gasteiger partial charge is 0.464 e. The van der Waals surface area contributed by atoms with E-state index in [1.807, 2.05) is 0 Å². The van der Waals surface area contributed by atoms with Crippen LogP contribution >= 0.6 is 0 Å². The highest BCUT2D eigenvalue weighted by molar-refractivity contribution is 5.96. The number of nitrogens with one attached hydrogen (secondary N) is 2. The maximum Gasteiger partial charge on any atom is 0.416 e. The van der Waals surface area contributed by atoms with E-state index in [0.717, 1.165) is 23.8 Å². The Morgan fingerprint density at radius 1 is 1.16 bits per heavy atom. The summed E-state index contributed by atoms with van der Waals surface area (Å²) in [6, 6.07) is 4.57. The molecular weight excluding hydrogens is 606 g/mol. The third kappa shape index (κ3) is 9.17. The van der Waals surface area contributed by atoms with Crippen LogP contribution in [0.3, 0.4) is 0 Å². The van der Waals surface area contributed by atoms with Gasteiger partial charge < -0.3 is 29.9 Å². The fourth-order valence-electron chi connectivity index (χ4n) is 4.47. The number of methoxy groups -OCH3 is 1. The molecule has 1 aromatic carbocycles. The normalized spacial score (nSPS) is 12.2. The number of alkyl halides is 3. The van der Waals surface area contributed by atoms with Gasteiger partial charge in [0.25, 0.3) is 5.56 Å². The van der Waals surface area contributed by atoms with Crippen molar-refractivity contribution < 1.29 is 46.6 Å². The van der Waals surface area contributed by atoms with Gasteiger partial charge in [-0.3, -0.25) is 14.4 Å². The van der Waals surface area contributed by atoms with Gasteiger partial charge in [-0.05, 0) is 61.2 Å². The highest BCUT2D eigenvalue weighted by Gasteiger charge is 2.28. The van der Waals surface area contributed by atoms with E-state index in [4.69, 9.17) is 0 Å². The predicted molar refractivity (Wildman–Crippen MR) is 155 cm³/mol. The molecule has 3 N–H and O–H groups in total. The van der Waals surface area contributed by atoms with Gasteiger partial charge in [0.15, 0.2) is 0 Å². The minimum atomic E-state index is -4.56. The first-order valence-electron chi connectivity index (χ1n) is 13.5. The number of amides is 3. The first-order chi connectivity index (χ1) is 21.1. The number of allylic oxidation sites excluding steroid dienone is 1. The number of halogens is 4. The Morgan fingerprint density at radius 3 is 2.49 bits per heavy atom. The van der Waals surface area contributed by atoms with E-state index in [9.17, 15) is 46.6 Å². The molecule has 0 fully saturated rings. The Morgan fingerprint density at radius 2 is 1.87 bits per heavy atom. The SMILES string of the molecule is COC(=O)NC(CC/C=C/C(=O)N(C)C)C(=O)Nc1cccn(Cc2cc3cc(F)cc(CCC(F)(F)F)c3n2C(=O)O)c1=O. The van der Waals surface area contributed by atoms with Gasteiger partial charge in [0, 0.05) is 32.1 Å². The fraction of sp³-hybridized carbons (Fsp3) is 0.345. The summed E-state index contributed by atoms with van der Waals surface area (Å²) in [5.41, 5.74) is -1.36. The number of nitrogens with zero attached hydrogens (tertiary/aromatic N) is 3. The van der Waals surface area contributed by atoms with Gasteiger partial charge in [0.1, 0.15) is 17.5 Å². The topological polar surface area (TPSA) is 152 Å². The lowest BCUT2D eigenvalue weighted by Gasteiger charge is -2.17. The van der Waals surface area contributed by atoms with E-state index >= 15 is 0 Å². The van der Waals surface area contributed by atoms with Crippen LogP contribution in [0.2, 0.25) is 0 Å². The van der Waals surface area contributed by atoms with Crippen molar-refractivity contribution in [1.29, 1.82) is 0 Å². The minimum absolute atomic E-state index is 0.0279. The first-order valence-corrected chi connectivity index (χ1v) is 13.5. The standard InChI is InChI=1S/C29H31F4N5O7/c1-36(2)23(39)9-5-4-7-21(35-27(42)45-3)25(40)34-22-8-6-12-37(26(22)41)16-20-15-18-14-19(30)13-17(10-11-29(31,32)33)24(18)38(20)28(43)44/h5-6,8-9,12-15,21H,4,7,10-11,16H2,1-3H3,(H,34,40)(H,35,42)(H,43,44)/b9-5+. The summed E-state index contributed by atoms with van der Waals surface area (Å²) in [6.45, 7) is -0.404. The van der Waals surface area contributed by atoms with E-state index in [2.05, 4.69) is 15.4 Å². The van der Waals surface area contributed by atoms with Crippen LogP contribution < -0.4 is 16.2 Å². The van der Waals surface area contributed by atoms with E-state index in [-0.39, 0.29) is 46.6 Å². The molecule has 3 rings (SSSR count). The number of fused-ring (bicyclic) bond motifs is 1. The van der Waals surface area contributed by atoms with Crippen LogP contribution in [0.15, 0.2) is 53.5 Å². The summed E-state index contributed by atoms with van der Waals surface area (Å²) in [5.74, 6) is -1.93.